The molecular formula is C8H17AlCl2O. The Labute approximate surface area is 88.5 Å². The Balaban J connectivity index is 3.39. The van der Waals surface area contributed by atoms with Gasteiger partial charge in [0, 0.05) is 6.61 Å². The molecule has 1 unspecified atom stereocenters. The third-order valence-corrected chi connectivity index (χ3v) is 3.20. The zero-order chi connectivity index (χ0) is 9.40. The van der Waals surface area contributed by atoms with Gasteiger partial charge < -0.3 is 3.79 Å². The SMILES string of the molecule is CCCCC(CC)C[O][Al]([Cl])[Cl]. The van der Waals surface area contributed by atoms with Crippen LogP contribution in [0.2, 0.25) is 0 Å². The van der Waals surface area contributed by atoms with Gasteiger partial charge in [0.05, 0.1) is 0 Å². The third-order valence-electron chi connectivity index (χ3n) is 2.00. The highest BCUT2D eigenvalue weighted by Gasteiger charge is 2.16. The maximum atomic E-state index is 5.59. The largest absolute Gasteiger partial charge is 0.725 e. The summed E-state index contributed by atoms with van der Waals surface area (Å²) in [5.41, 5.74) is 0. The van der Waals surface area contributed by atoms with Gasteiger partial charge in [-0.15, -0.1) is 0 Å². The lowest BCUT2D eigenvalue weighted by Crippen LogP contribution is -2.13. The van der Waals surface area contributed by atoms with Gasteiger partial charge in [0.25, 0.3) is 0 Å². The minimum absolute atomic E-state index is 0.650. The van der Waals surface area contributed by atoms with Crippen LogP contribution in [-0.2, 0) is 3.79 Å². The Morgan fingerprint density at radius 1 is 1.33 bits per heavy atom. The molecule has 0 aromatic rings. The summed E-state index contributed by atoms with van der Waals surface area (Å²) in [6.45, 7) is 5.14. The predicted molar refractivity (Wildman–Crippen MR) is 56.7 cm³/mol. The standard InChI is InChI=1S/C8H17O.Al.2ClH/c1-3-5-6-8(4-2)7-9;;;/h8H,3-7H2,1-2H3;;2*1H/q-1;+3;;/p-2. The molecule has 0 aliphatic heterocycles. The summed E-state index contributed by atoms with van der Waals surface area (Å²) in [7, 11) is 11.2. The maximum absolute atomic E-state index is 5.59. The minimum atomic E-state index is -1.83. The molecule has 0 bridgehead atoms. The molecule has 0 heterocycles. The smallest absolute Gasteiger partial charge is 0.477 e. The number of hydrogen-bond donors (Lipinski definition) is 0. The van der Waals surface area contributed by atoms with Crippen LogP contribution in [0.3, 0.4) is 0 Å². The van der Waals surface area contributed by atoms with E-state index in [0.717, 1.165) is 13.0 Å². The highest BCUT2D eigenvalue weighted by Crippen LogP contribution is 2.14. The van der Waals surface area contributed by atoms with Crippen molar-refractivity contribution in [3.05, 3.63) is 0 Å². The minimum Gasteiger partial charge on any atom is -0.477 e. The van der Waals surface area contributed by atoms with Crippen LogP contribution >= 0.6 is 20.1 Å². The second kappa shape index (κ2) is 8.66. The highest BCUT2D eigenvalue weighted by molar-refractivity contribution is 7.30. The van der Waals surface area contributed by atoms with Crippen molar-refractivity contribution < 1.29 is 3.79 Å². The van der Waals surface area contributed by atoms with Gasteiger partial charge in [-0.3, -0.25) is 0 Å². The lowest BCUT2D eigenvalue weighted by atomic mass is 10.0. The molecule has 1 atom stereocenters. The molecule has 0 aliphatic carbocycles. The molecule has 72 valence electrons. The van der Waals surface area contributed by atoms with Crippen LogP contribution in [0.1, 0.15) is 39.5 Å². The van der Waals surface area contributed by atoms with E-state index in [2.05, 4.69) is 13.8 Å². The summed E-state index contributed by atoms with van der Waals surface area (Å²) in [6.07, 6.45) is 4.93. The zero-order valence-corrected chi connectivity index (χ0v) is 10.5. The van der Waals surface area contributed by atoms with E-state index >= 15 is 0 Å². The Morgan fingerprint density at radius 3 is 2.42 bits per heavy atom. The van der Waals surface area contributed by atoms with Crippen molar-refractivity contribution >= 4 is 32.7 Å². The van der Waals surface area contributed by atoms with Crippen LogP contribution in [0.5, 0.6) is 0 Å². The molecule has 0 radical (unpaired) electrons. The van der Waals surface area contributed by atoms with E-state index in [1.54, 1.807) is 0 Å². The topological polar surface area (TPSA) is 9.23 Å². The summed E-state index contributed by atoms with van der Waals surface area (Å²) in [5.74, 6) is 0.650. The van der Waals surface area contributed by atoms with Gasteiger partial charge in [0.15, 0.2) is 0 Å². The first-order chi connectivity index (χ1) is 5.70. The number of hydrogen-bond acceptors (Lipinski definition) is 1. The van der Waals surface area contributed by atoms with Crippen LogP contribution in [0, 0.1) is 5.92 Å². The van der Waals surface area contributed by atoms with E-state index in [1.165, 1.54) is 19.3 Å². The summed E-state index contributed by atoms with van der Waals surface area (Å²) in [5, 5.41) is 0. The first-order valence-electron chi connectivity index (χ1n) is 4.60. The molecule has 0 saturated carbocycles. The van der Waals surface area contributed by atoms with Crippen molar-refractivity contribution in [2.75, 3.05) is 6.61 Å². The number of rotatable bonds is 7. The van der Waals surface area contributed by atoms with Crippen molar-refractivity contribution in [2.24, 2.45) is 5.92 Å². The van der Waals surface area contributed by atoms with E-state index in [1.807, 2.05) is 0 Å². The molecule has 0 aromatic carbocycles. The van der Waals surface area contributed by atoms with Gasteiger partial charge >= 0.3 is 12.6 Å². The Bertz CT molecular complexity index is 101. The fourth-order valence-electron chi connectivity index (χ4n) is 1.11. The molecule has 0 fully saturated rings. The maximum Gasteiger partial charge on any atom is 0.725 e. The first kappa shape index (κ1) is 13.1. The quantitative estimate of drug-likeness (QED) is 0.603. The van der Waals surface area contributed by atoms with E-state index in [0.29, 0.717) is 5.92 Å². The van der Waals surface area contributed by atoms with Gasteiger partial charge in [-0.2, -0.15) is 20.1 Å². The molecule has 0 saturated heterocycles. The lowest BCUT2D eigenvalue weighted by Gasteiger charge is -2.14. The second-order valence-corrected chi connectivity index (χ2v) is 6.91. The Kier molecular flexibility index (Phi) is 9.44. The second-order valence-electron chi connectivity index (χ2n) is 3.01. The number of unbranched alkanes of at least 4 members (excludes halogenated alkanes) is 1. The van der Waals surface area contributed by atoms with Crippen molar-refractivity contribution in [1.29, 1.82) is 0 Å². The van der Waals surface area contributed by atoms with Crippen molar-refractivity contribution in [3.63, 3.8) is 0 Å². The molecule has 0 aliphatic rings. The Hall–Kier alpha value is 1.07. The molecule has 0 aromatic heterocycles. The fourth-order valence-corrected chi connectivity index (χ4v) is 1.96. The van der Waals surface area contributed by atoms with Gasteiger partial charge in [-0.05, 0) is 12.3 Å². The molecule has 0 spiro atoms. The van der Waals surface area contributed by atoms with Crippen molar-refractivity contribution in [2.45, 2.75) is 39.5 Å². The van der Waals surface area contributed by atoms with Gasteiger partial charge in [0.2, 0.25) is 0 Å². The average Bonchev–Trinajstić information content (AvgIpc) is 2.05. The lowest BCUT2D eigenvalue weighted by molar-refractivity contribution is 0.245. The first-order valence-corrected chi connectivity index (χ1v) is 8.56. The van der Waals surface area contributed by atoms with E-state index in [9.17, 15) is 0 Å². The molecule has 1 nitrogen and oxygen atoms in total. The van der Waals surface area contributed by atoms with Crippen LogP contribution in [0.15, 0.2) is 0 Å². The van der Waals surface area contributed by atoms with Crippen LogP contribution in [0.4, 0.5) is 0 Å². The zero-order valence-electron chi connectivity index (χ0n) is 7.85. The summed E-state index contributed by atoms with van der Waals surface area (Å²) >= 11 is -1.83. The van der Waals surface area contributed by atoms with Gasteiger partial charge in [0.1, 0.15) is 0 Å². The van der Waals surface area contributed by atoms with Crippen LogP contribution in [-0.4, -0.2) is 19.2 Å². The van der Waals surface area contributed by atoms with E-state index < -0.39 is 12.6 Å². The van der Waals surface area contributed by atoms with Crippen molar-refractivity contribution in [3.8, 4) is 0 Å². The average molecular weight is 227 g/mol. The summed E-state index contributed by atoms with van der Waals surface area (Å²) in [4.78, 5) is 0. The Morgan fingerprint density at radius 2 is 2.00 bits per heavy atom. The van der Waals surface area contributed by atoms with Gasteiger partial charge in [-0.25, -0.2) is 0 Å². The van der Waals surface area contributed by atoms with Gasteiger partial charge in [-0.1, -0.05) is 33.1 Å². The monoisotopic (exact) mass is 226 g/mol. The molecule has 12 heavy (non-hydrogen) atoms. The van der Waals surface area contributed by atoms with Crippen LogP contribution in [0.25, 0.3) is 0 Å². The van der Waals surface area contributed by atoms with Crippen molar-refractivity contribution in [1.82, 2.24) is 0 Å². The molecule has 4 heteroatoms. The van der Waals surface area contributed by atoms with E-state index in [-0.39, 0.29) is 0 Å². The predicted octanol–water partition coefficient (Wildman–Crippen LogP) is 3.68. The molecule has 0 amide bonds. The fraction of sp³-hybridized carbons (Fsp3) is 1.00. The highest BCUT2D eigenvalue weighted by atomic mass is 35.7. The molecular weight excluding hydrogens is 210 g/mol. The summed E-state index contributed by atoms with van der Waals surface area (Å²) < 4.78 is 5.26. The summed E-state index contributed by atoms with van der Waals surface area (Å²) in [6, 6.07) is 0. The number of halogens is 2. The van der Waals surface area contributed by atoms with E-state index in [4.69, 9.17) is 23.9 Å². The third kappa shape index (κ3) is 7.71. The van der Waals surface area contributed by atoms with Crippen LogP contribution < -0.4 is 0 Å². The normalized spacial score (nSPS) is 13.0. The molecule has 0 N–H and O–H groups in total. The molecule has 0 rings (SSSR count).